The minimum absolute atomic E-state index is 0.0647. The standard InChI is InChI=1S/C25H33ClFN2O5P/c1-5-19(4)34-35(31,32)24-12-21(26)8-11-23(24)33-16-25(30)29-14-17(2)28(13-18(29)3)15-20-6-9-22(27)10-7-20/h6-12,17-19H,5,13-16H2,1-4H3,(H,31,32)/t17-,18+,19?/m0/s1. The predicted octanol–water partition coefficient (Wildman–Crippen LogP) is 4.61. The van der Waals surface area contributed by atoms with E-state index in [0.29, 0.717) is 26.1 Å². The topological polar surface area (TPSA) is 79.3 Å². The fourth-order valence-corrected chi connectivity index (χ4v) is 5.74. The van der Waals surface area contributed by atoms with E-state index in [9.17, 15) is 18.6 Å². The summed E-state index contributed by atoms with van der Waals surface area (Å²) in [7, 11) is -4.21. The molecule has 0 radical (unpaired) electrons. The Kier molecular flexibility index (Phi) is 9.35. The number of piperazine rings is 1. The second kappa shape index (κ2) is 11.8. The van der Waals surface area contributed by atoms with Crippen LogP contribution in [0.3, 0.4) is 0 Å². The Morgan fingerprint density at radius 3 is 2.54 bits per heavy atom. The van der Waals surface area contributed by atoms with Gasteiger partial charge >= 0.3 is 7.60 Å². The molecule has 0 aromatic heterocycles. The van der Waals surface area contributed by atoms with Crippen LogP contribution in [0.4, 0.5) is 4.39 Å². The van der Waals surface area contributed by atoms with Crippen molar-refractivity contribution in [3.8, 4) is 5.75 Å². The summed E-state index contributed by atoms with van der Waals surface area (Å²) < 4.78 is 37.1. The van der Waals surface area contributed by atoms with Gasteiger partial charge in [-0.15, -0.1) is 0 Å². The molecule has 35 heavy (non-hydrogen) atoms. The smallest absolute Gasteiger partial charge is 0.362 e. The first-order valence-corrected chi connectivity index (χ1v) is 13.7. The van der Waals surface area contributed by atoms with Gasteiger partial charge < -0.3 is 19.1 Å². The number of hydrogen-bond donors (Lipinski definition) is 1. The van der Waals surface area contributed by atoms with Crippen LogP contribution in [-0.4, -0.2) is 58.5 Å². The van der Waals surface area contributed by atoms with Crippen molar-refractivity contribution in [2.24, 2.45) is 0 Å². The molecule has 7 nitrogen and oxygen atoms in total. The third kappa shape index (κ3) is 7.28. The minimum atomic E-state index is -4.21. The Hall–Kier alpha value is -1.96. The second-order valence-electron chi connectivity index (χ2n) is 9.05. The maximum absolute atomic E-state index is 13.2. The molecule has 3 rings (SSSR count). The van der Waals surface area contributed by atoms with E-state index in [4.69, 9.17) is 20.9 Å². The average Bonchev–Trinajstić information content (AvgIpc) is 2.81. The SMILES string of the molecule is CCC(C)OP(=O)(O)c1cc(Cl)ccc1OCC(=O)N1C[C@H](C)N(Cc2ccc(F)cc2)C[C@H]1C. The van der Waals surface area contributed by atoms with E-state index in [2.05, 4.69) is 4.90 Å². The van der Waals surface area contributed by atoms with E-state index in [1.807, 2.05) is 20.8 Å². The molecule has 4 atom stereocenters. The minimum Gasteiger partial charge on any atom is -0.483 e. The molecule has 2 aromatic carbocycles. The first-order valence-electron chi connectivity index (χ1n) is 11.7. The first-order chi connectivity index (χ1) is 16.5. The maximum atomic E-state index is 13.2. The molecule has 2 unspecified atom stereocenters. The molecule has 0 spiro atoms. The third-order valence-electron chi connectivity index (χ3n) is 6.21. The number of benzene rings is 2. The number of ether oxygens (including phenoxy) is 1. The summed E-state index contributed by atoms with van der Waals surface area (Å²) in [4.78, 5) is 27.6. The number of nitrogens with zero attached hydrogens (tertiary/aromatic N) is 2. The molecule has 1 aliphatic rings. The number of rotatable bonds is 9. The molecule has 1 heterocycles. The lowest BCUT2D eigenvalue weighted by Gasteiger charge is -2.44. The normalized spacial score (nSPS) is 21.4. The third-order valence-corrected chi connectivity index (χ3v) is 8.05. The van der Waals surface area contributed by atoms with Crippen molar-refractivity contribution in [1.82, 2.24) is 9.80 Å². The zero-order chi connectivity index (χ0) is 25.8. The molecule has 1 fully saturated rings. The van der Waals surface area contributed by atoms with Gasteiger partial charge in [0.2, 0.25) is 0 Å². The van der Waals surface area contributed by atoms with E-state index < -0.39 is 13.7 Å². The molecule has 2 aromatic rings. The number of halogens is 2. The van der Waals surface area contributed by atoms with E-state index in [0.717, 1.165) is 5.56 Å². The molecule has 1 aliphatic heterocycles. The van der Waals surface area contributed by atoms with Crippen LogP contribution < -0.4 is 10.0 Å². The van der Waals surface area contributed by atoms with Crippen molar-refractivity contribution in [2.45, 2.75) is 58.8 Å². The van der Waals surface area contributed by atoms with Crippen molar-refractivity contribution in [2.75, 3.05) is 19.7 Å². The van der Waals surface area contributed by atoms with Crippen molar-refractivity contribution in [3.05, 3.63) is 58.9 Å². The zero-order valence-corrected chi connectivity index (χ0v) is 22.1. The van der Waals surface area contributed by atoms with Gasteiger partial charge in [0, 0.05) is 36.7 Å². The Morgan fingerprint density at radius 1 is 1.20 bits per heavy atom. The molecule has 0 saturated carbocycles. The highest BCUT2D eigenvalue weighted by Crippen LogP contribution is 2.46. The maximum Gasteiger partial charge on any atom is 0.362 e. The van der Waals surface area contributed by atoms with Gasteiger partial charge in [0.1, 0.15) is 16.9 Å². The fourth-order valence-electron chi connectivity index (χ4n) is 4.02. The lowest BCUT2D eigenvalue weighted by atomic mass is 10.1. The van der Waals surface area contributed by atoms with E-state index in [-0.39, 0.29) is 46.5 Å². The highest BCUT2D eigenvalue weighted by atomic mass is 35.5. The Bertz CT molecular complexity index is 1070. The van der Waals surface area contributed by atoms with Crippen LogP contribution in [0.15, 0.2) is 42.5 Å². The Morgan fingerprint density at radius 2 is 1.89 bits per heavy atom. The van der Waals surface area contributed by atoms with Crippen LogP contribution in [0.5, 0.6) is 5.75 Å². The summed E-state index contributed by atoms with van der Waals surface area (Å²) in [5.74, 6) is -0.395. The zero-order valence-electron chi connectivity index (χ0n) is 20.5. The van der Waals surface area contributed by atoms with Gasteiger partial charge in [-0.3, -0.25) is 14.3 Å². The summed E-state index contributed by atoms with van der Waals surface area (Å²) in [6, 6.07) is 10.8. The second-order valence-corrected chi connectivity index (χ2v) is 11.2. The summed E-state index contributed by atoms with van der Waals surface area (Å²) >= 11 is 6.05. The highest BCUT2D eigenvalue weighted by molar-refractivity contribution is 7.61. The highest BCUT2D eigenvalue weighted by Gasteiger charge is 2.33. The molecule has 1 amide bonds. The Balaban J connectivity index is 1.65. The number of carbonyl (C=O) groups is 1. The molecular formula is C25H33ClFN2O5P. The molecule has 192 valence electrons. The van der Waals surface area contributed by atoms with Gasteiger partial charge in [-0.1, -0.05) is 30.7 Å². The molecule has 1 saturated heterocycles. The van der Waals surface area contributed by atoms with Crippen molar-refractivity contribution in [1.29, 1.82) is 0 Å². The van der Waals surface area contributed by atoms with Crippen molar-refractivity contribution >= 4 is 30.4 Å². The predicted molar refractivity (Wildman–Crippen MR) is 135 cm³/mol. The van der Waals surface area contributed by atoms with Crippen LogP contribution in [-0.2, 0) is 20.4 Å². The van der Waals surface area contributed by atoms with E-state index in [1.54, 1.807) is 24.0 Å². The van der Waals surface area contributed by atoms with Gasteiger partial charge in [0.05, 0.1) is 6.10 Å². The van der Waals surface area contributed by atoms with Crippen LogP contribution in [0.25, 0.3) is 0 Å². The number of hydrogen-bond acceptors (Lipinski definition) is 5. The molecular weight excluding hydrogens is 494 g/mol. The molecule has 10 heteroatoms. The summed E-state index contributed by atoms with van der Waals surface area (Å²) in [5.41, 5.74) is 1.01. The summed E-state index contributed by atoms with van der Waals surface area (Å²) in [6.45, 7) is 9.11. The van der Waals surface area contributed by atoms with Gasteiger partial charge in [-0.2, -0.15) is 0 Å². The van der Waals surface area contributed by atoms with Crippen LogP contribution in [0.2, 0.25) is 5.02 Å². The number of carbonyl (C=O) groups excluding carboxylic acids is 1. The van der Waals surface area contributed by atoms with Crippen molar-refractivity contribution in [3.63, 3.8) is 0 Å². The van der Waals surface area contributed by atoms with E-state index in [1.165, 1.54) is 30.3 Å². The fraction of sp³-hybridized carbons (Fsp3) is 0.480. The largest absolute Gasteiger partial charge is 0.483 e. The van der Waals surface area contributed by atoms with Crippen LogP contribution >= 0.6 is 19.2 Å². The van der Waals surface area contributed by atoms with Gasteiger partial charge in [-0.25, -0.2) is 4.39 Å². The average molecular weight is 527 g/mol. The summed E-state index contributed by atoms with van der Waals surface area (Å²) in [6.07, 6.45) is 0.121. The van der Waals surface area contributed by atoms with Gasteiger partial charge in [-0.05, 0) is 63.1 Å². The first kappa shape index (κ1) is 27.6. The van der Waals surface area contributed by atoms with Crippen LogP contribution in [0, 0.1) is 5.82 Å². The summed E-state index contributed by atoms with van der Waals surface area (Å²) in [5, 5.41) is 0.198. The quantitative estimate of drug-likeness (QED) is 0.481. The van der Waals surface area contributed by atoms with Crippen molar-refractivity contribution < 1.29 is 27.9 Å². The lowest BCUT2D eigenvalue weighted by molar-refractivity contribution is -0.139. The van der Waals surface area contributed by atoms with Crippen LogP contribution in [0.1, 0.15) is 39.7 Å². The molecule has 0 bridgehead atoms. The monoisotopic (exact) mass is 526 g/mol. The van der Waals surface area contributed by atoms with Gasteiger partial charge in [0.15, 0.2) is 6.61 Å². The number of amides is 1. The Labute approximate surface area is 211 Å². The van der Waals surface area contributed by atoms with Gasteiger partial charge in [0.25, 0.3) is 5.91 Å². The lowest BCUT2D eigenvalue weighted by Crippen LogP contribution is -2.58. The van der Waals surface area contributed by atoms with E-state index >= 15 is 0 Å². The molecule has 0 aliphatic carbocycles. The molecule has 1 N–H and O–H groups in total.